The van der Waals surface area contributed by atoms with Crippen molar-refractivity contribution in [2.75, 3.05) is 0 Å². The summed E-state index contributed by atoms with van der Waals surface area (Å²) in [6, 6.07) is 3.90. The Balaban J connectivity index is 2.04. The molecule has 24 heavy (non-hydrogen) atoms. The van der Waals surface area contributed by atoms with Crippen molar-refractivity contribution in [3.8, 4) is 17.5 Å². The monoisotopic (exact) mass is 348 g/mol. The van der Waals surface area contributed by atoms with E-state index < -0.39 is 10.8 Å². The third kappa shape index (κ3) is 3.79. The number of carbonyl (C=O) groups excluding carboxylic acids is 1. The quantitative estimate of drug-likeness (QED) is 0.799. The number of nitrogens with one attached hydrogen (secondary N) is 1. The maximum Gasteiger partial charge on any atom is 0.277 e. The summed E-state index contributed by atoms with van der Waals surface area (Å²) in [6.07, 6.45) is 1.55. The number of nitrogens with zero attached hydrogens (tertiary/aromatic N) is 3. The smallest absolute Gasteiger partial charge is 0.277 e. The second-order valence-corrected chi connectivity index (χ2v) is 7.27. The molecule has 2 heterocycles. The summed E-state index contributed by atoms with van der Waals surface area (Å²) in [5, 5.41) is 19.8. The van der Waals surface area contributed by atoms with Gasteiger partial charge in [-0.1, -0.05) is 25.6 Å². The lowest BCUT2D eigenvalue weighted by atomic mass is 9.90. The third-order valence-corrected chi connectivity index (χ3v) is 4.85. The van der Waals surface area contributed by atoms with E-state index in [1.54, 1.807) is 33.1 Å². The number of furan rings is 1. The minimum atomic E-state index is -0.917. The highest BCUT2D eigenvalue weighted by Gasteiger charge is 2.32. The van der Waals surface area contributed by atoms with Gasteiger partial charge in [-0.15, -0.1) is 10.2 Å². The van der Waals surface area contributed by atoms with Gasteiger partial charge in [0.15, 0.2) is 0 Å². The van der Waals surface area contributed by atoms with Crippen molar-refractivity contribution >= 4 is 17.7 Å². The Morgan fingerprint density at radius 2 is 2.12 bits per heavy atom. The van der Waals surface area contributed by atoms with Gasteiger partial charge in [0.2, 0.25) is 5.91 Å². The van der Waals surface area contributed by atoms with Crippen LogP contribution in [-0.4, -0.2) is 26.9 Å². The largest absolute Gasteiger partial charge is 0.469 e. The van der Waals surface area contributed by atoms with E-state index in [2.05, 4.69) is 21.6 Å². The van der Waals surface area contributed by atoms with Crippen LogP contribution in [0.3, 0.4) is 0 Å². The summed E-state index contributed by atoms with van der Waals surface area (Å²) in [4.78, 5) is 12.3. The van der Waals surface area contributed by atoms with Crippen LogP contribution < -0.4 is 5.32 Å². The number of hydrogen-bond donors (Lipinski definition) is 1. The van der Waals surface area contributed by atoms with Gasteiger partial charge in [-0.3, -0.25) is 4.79 Å². The molecule has 0 bridgehead atoms. The lowest BCUT2D eigenvalue weighted by Crippen LogP contribution is -2.51. The fraction of sp³-hybridized carbons (Fsp3) is 0.500. The lowest BCUT2D eigenvalue weighted by Gasteiger charge is -2.28. The summed E-state index contributed by atoms with van der Waals surface area (Å²) in [5.74, 6) is 0.767. The predicted octanol–water partition coefficient (Wildman–Crippen LogP) is 3.17. The molecule has 2 atom stereocenters. The predicted molar refractivity (Wildman–Crippen MR) is 89.1 cm³/mol. The van der Waals surface area contributed by atoms with Gasteiger partial charge in [0.05, 0.1) is 23.1 Å². The van der Waals surface area contributed by atoms with Gasteiger partial charge in [0.1, 0.15) is 11.3 Å². The molecule has 0 radical (unpaired) electrons. The maximum atomic E-state index is 12.3. The van der Waals surface area contributed by atoms with Crippen LogP contribution in [0, 0.1) is 24.2 Å². The zero-order valence-electron chi connectivity index (χ0n) is 14.3. The number of nitriles is 1. The highest BCUT2D eigenvalue weighted by atomic mass is 32.2. The Morgan fingerprint density at radius 3 is 2.67 bits per heavy atom. The van der Waals surface area contributed by atoms with Gasteiger partial charge < -0.3 is 14.2 Å². The van der Waals surface area contributed by atoms with Crippen molar-refractivity contribution in [3.63, 3.8) is 0 Å². The molecule has 1 amide bonds. The summed E-state index contributed by atoms with van der Waals surface area (Å²) in [5.41, 5.74) is -0.192. The van der Waals surface area contributed by atoms with Crippen molar-refractivity contribution < 1.29 is 13.6 Å². The van der Waals surface area contributed by atoms with Gasteiger partial charge in [-0.25, -0.2) is 0 Å². The molecule has 2 aromatic heterocycles. The SMILES string of the molecule is Cc1occc1-c1nnc(S[C@@H](C)C(=O)N[C@](C)(C#N)C(C)C)o1. The minimum absolute atomic E-state index is 0.0114. The number of thioether (sulfide) groups is 1. The summed E-state index contributed by atoms with van der Waals surface area (Å²) < 4.78 is 10.8. The minimum Gasteiger partial charge on any atom is -0.469 e. The van der Waals surface area contributed by atoms with Crippen LogP contribution in [0.15, 0.2) is 26.4 Å². The Bertz CT molecular complexity index is 761. The molecule has 7 nitrogen and oxygen atoms in total. The van der Waals surface area contributed by atoms with E-state index in [0.717, 1.165) is 17.3 Å². The van der Waals surface area contributed by atoms with E-state index in [-0.39, 0.29) is 17.0 Å². The number of aromatic nitrogens is 2. The molecule has 2 rings (SSSR count). The van der Waals surface area contributed by atoms with Gasteiger partial charge in [-0.2, -0.15) is 5.26 Å². The molecule has 0 aliphatic carbocycles. The van der Waals surface area contributed by atoms with Crippen LogP contribution in [0.5, 0.6) is 0 Å². The van der Waals surface area contributed by atoms with Crippen molar-refractivity contribution in [2.45, 2.75) is 50.6 Å². The first kappa shape index (κ1) is 18.1. The number of carbonyl (C=O) groups is 1. The zero-order valence-corrected chi connectivity index (χ0v) is 15.1. The maximum absolute atomic E-state index is 12.3. The molecule has 0 aromatic carbocycles. The lowest BCUT2D eigenvalue weighted by molar-refractivity contribution is -0.121. The number of hydrogen-bond acceptors (Lipinski definition) is 7. The van der Waals surface area contributed by atoms with Crippen molar-refractivity contribution in [1.82, 2.24) is 15.5 Å². The molecule has 2 aromatic rings. The molecular formula is C16H20N4O3S. The molecule has 0 saturated heterocycles. The van der Waals surface area contributed by atoms with E-state index in [0.29, 0.717) is 11.7 Å². The summed E-state index contributed by atoms with van der Waals surface area (Å²) in [6.45, 7) is 9.01. The molecule has 1 N–H and O–H groups in total. The number of aryl methyl sites for hydroxylation is 1. The van der Waals surface area contributed by atoms with Crippen LogP contribution >= 0.6 is 11.8 Å². The normalized spacial score (nSPS) is 14.9. The number of amides is 1. The van der Waals surface area contributed by atoms with Crippen molar-refractivity contribution in [2.24, 2.45) is 5.92 Å². The number of rotatable bonds is 6. The third-order valence-electron chi connectivity index (χ3n) is 3.91. The van der Waals surface area contributed by atoms with Gasteiger partial charge in [-0.05, 0) is 32.8 Å². The highest BCUT2D eigenvalue weighted by Crippen LogP contribution is 2.28. The topological polar surface area (TPSA) is 105 Å². The summed E-state index contributed by atoms with van der Waals surface area (Å²) in [7, 11) is 0. The van der Waals surface area contributed by atoms with Crippen LogP contribution in [0.1, 0.15) is 33.5 Å². The average molecular weight is 348 g/mol. The molecule has 0 aliphatic heterocycles. The second kappa shape index (κ2) is 7.09. The molecular weight excluding hydrogens is 328 g/mol. The van der Waals surface area contributed by atoms with Crippen molar-refractivity contribution in [1.29, 1.82) is 5.26 Å². The van der Waals surface area contributed by atoms with Crippen molar-refractivity contribution in [3.05, 3.63) is 18.1 Å². The van der Waals surface area contributed by atoms with Crippen LogP contribution in [0.2, 0.25) is 0 Å². The molecule has 0 aliphatic rings. The molecule has 128 valence electrons. The molecule has 0 fully saturated rings. The summed E-state index contributed by atoms with van der Waals surface area (Å²) >= 11 is 1.15. The van der Waals surface area contributed by atoms with E-state index in [1.807, 2.05) is 13.8 Å². The Kier molecular flexibility index (Phi) is 5.34. The first-order chi connectivity index (χ1) is 11.3. The first-order valence-electron chi connectivity index (χ1n) is 7.54. The van der Waals surface area contributed by atoms with E-state index >= 15 is 0 Å². The van der Waals surface area contributed by atoms with E-state index in [1.165, 1.54) is 0 Å². The van der Waals surface area contributed by atoms with E-state index in [9.17, 15) is 10.1 Å². The molecule has 0 saturated carbocycles. The molecule has 0 spiro atoms. The average Bonchev–Trinajstić information content (AvgIpc) is 3.15. The van der Waals surface area contributed by atoms with Gasteiger partial charge in [0, 0.05) is 0 Å². The van der Waals surface area contributed by atoms with Gasteiger partial charge >= 0.3 is 0 Å². The van der Waals surface area contributed by atoms with Crippen LogP contribution in [0.4, 0.5) is 0 Å². The van der Waals surface area contributed by atoms with Crippen LogP contribution in [0.25, 0.3) is 11.5 Å². The highest BCUT2D eigenvalue weighted by molar-refractivity contribution is 8.00. The molecule has 8 heteroatoms. The fourth-order valence-electron chi connectivity index (χ4n) is 1.84. The van der Waals surface area contributed by atoms with E-state index in [4.69, 9.17) is 8.83 Å². The zero-order chi connectivity index (χ0) is 17.9. The van der Waals surface area contributed by atoms with Crippen LogP contribution in [-0.2, 0) is 4.79 Å². The fourth-order valence-corrected chi connectivity index (χ4v) is 2.52. The Labute approximate surface area is 144 Å². The Hall–Kier alpha value is -2.27. The molecule has 0 unspecified atom stereocenters. The van der Waals surface area contributed by atoms with Gasteiger partial charge in [0.25, 0.3) is 11.1 Å². The standard InChI is InChI=1S/C16H20N4O3S/c1-9(2)16(5,8-17)18-13(21)11(4)24-15-20-19-14(23-15)12-6-7-22-10(12)3/h6-7,9,11H,1-5H3,(H,18,21)/t11-,16+/m0/s1. The second-order valence-electron chi connectivity index (χ2n) is 5.98. The first-order valence-corrected chi connectivity index (χ1v) is 8.42. The Morgan fingerprint density at radius 1 is 1.42 bits per heavy atom.